The van der Waals surface area contributed by atoms with Crippen molar-refractivity contribution in [2.24, 2.45) is 0 Å². The first-order valence-corrected chi connectivity index (χ1v) is 12.9. The molecular weight excluding hydrogens is 480 g/mol. The number of likely N-dealkylation sites (tertiary alicyclic amines) is 1. The van der Waals surface area contributed by atoms with E-state index in [4.69, 9.17) is 4.52 Å². The second-order valence-corrected chi connectivity index (χ2v) is 10.8. The van der Waals surface area contributed by atoms with Crippen LogP contribution in [0.1, 0.15) is 57.4 Å². The molecule has 4 aromatic rings. The Morgan fingerprint density at radius 1 is 1.29 bits per heavy atom. The van der Waals surface area contributed by atoms with Gasteiger partial charge < -0.3 is 20.1 Å². The van der Waals surface area contributed by atoms with Crippen molar-refractivity contribution in [3.8, 4) is 11.1 Å². The molecule has 10 heteroatoms. The minimum Gasteiger partial charge on any atom is -0.363 e. The standard InChI is InChI=1S/C28H34N8O2/c1-6-23(37)36-14-12-20(16-36)31-26-24-21(11-13-29-25(24)33-34-26)19-9-7-18(8-10-19)17(2)30-15-22-32-27(38-35-22)28(3,4)5/h6-11,13,17,20,30H,1,12,14-16H2,2-5H3,(H2,29,31,33,34)/t17-,20-/m1/s1. The summed E-state index contributed by atoms with van der Waals surface area (Å²) in [5.41, 5.74) is 3.81. The van der Waals surface area contributed by atoms with Gasteiger partial charge in [-0.15, -0.1) is 0 Å². The third-order valence-electron chi connectivity index (χ3n) is 6.87. The maximum absolute atomic E-state index is 12.0. The van der Waals surface area contributed by atoms with Gasteiger partial charge in [-0.1, -0.05) is 56.8 Å². The van der Waals surface area contributed by atoms with Gasteiger partial charge in [-0.25, -0.2) is 4.98 Å². The summed E-state index contributed by atoms with van der Waals surface area (Å²) in [5.74, 6) is 1.99. The lowest BCUT2D eigenvalue weighted by molar-refractivity contribution is -0.125. The van der Waals surface area contributed by atoms with Gasteiger partial charge in [0.1, 0.15) is 0 Å². The van der Waals surface area contributed by atoms with Crippen molar-refractivity contribution in [3.05, 3.63) is 66.5 Å². The summed E-state index contributed by atoms with van der Waals surface area (Å²) in [5, 5.41) is 19.6. The quantitative estimate of drug-likeness (QED) is 0.296. The molecule has 0 saturated carbocycles. The number of fused-ring (bicyclic) bond motifs is 1. The SMILES string of the molecule is C=CC(=O)N1CC[C@@H](Nc2n[nH]c3nccc(-c4ccc([C@@H](C)NCc5noc(C(C)(C)C)n5)cc4)c23)C1. The molecule has 10 nitrogen and oxygen atoms in total. The first-order chi connectivity index (χ1) is 18.2. The fourth-order valence-corrected chi connectivity index (χ4v) is 4.64. The Morgan fingerprint density at radius 3 is 2.79 bits per heavy atom. The molecule has 198 valence electrons. The van der Waals surface area contributed by atoms with Gasteiger partial charge in [0.05, 0.1) is 11.9 Å². The number of hydrogen-bond donors (Lipinski definition) is 3. The lowest BCUT2D eigenvalue weighted by atomic mass is 9.97. The Labute approximate surface area is 221 Å². The maximum Gasteiger partial charge on any atom is 0.246 e. The van der Waals surface area contributed by atoms with Gasteiger partial charge >= 0.3 is 0 Å². The normalized spacial score (nSPS) is 16.6. The number of H-pyrrole nitrogens is 1. The highest BCUT2D eigenvalue weighted by molar-refractivity contribution is 6.00. The van der Waals surface area contributed by atoms with Gasteiger partial charge in [0.15, 0.2) is 17.3 Å². The number of benzene rings is 1. The molecule has 1 aliphatic heterocycles. The molecule has 1 fully saturated rings. The van der Waals surface area contributed by atoms with E-state index < -0.39 is 0 Å². The van der Waals surface area contributed by atoms with Crippen molar-refractivity contribution in [3.63, 3.8) is 0 Å². The van der Waals surface area contributed by atoms with Crippen LogP contribution in [0.25, 0.3) is 22.2 Å². The monoisotopic (exact) mass is 514 g/mol. The number of anilines is 1. The van der Waals surface area contributed by atoms with E-state index in [1.807, 2.05) is 6.07 Å². The van der Waals surface area contributed by atoms with Crippen LogP contribution in [0.15, 0.2) is 53.7 Å². The highest BCUT2D eigenvalue weighted by Crippen LogP contribution is 2.33. The van der Waals surface area contributed by atoms with Crippen LogP contribution in [0, 0.1) is 0 Å². The van der Waals surface area contributed by atoms with Crippen LogP contribution in [0.5, 0.6) is 0 Å². The Hall–Kier alpha value is -4.05. The number of amides is 1. The van der Waals surface area contributed by atoms with Crippen molar-refractivity contribution >= 4 is 22.8 Å². The van der Waals surface area contributed by atoms with Gasteiger partial charge in [-0.2, -0.15) is 10.1 Å². The van der Waals surface area contributed by atoms with E-state index in [9.17, 15) is 4.79 Å². The van der Waals surface area contributed by atoms with E-state index in [2.05, 4.69) is 94.5 Å². The van der Waals surface area contributed by atoms with Crippen LogP contribution < -0.4 is 10.6 Å². The van der Waals surface area contributed by atoms with E-state index >= 15 is 0 Å². The van der Waals surface area contributed by atoms with Gasteiger partial charge in [0.2, 0.25) is 11.8 Å². The van der Waals surface area contributed by atoms with Gasteiger partial charge in [0, 0.05) is 36.8 Å². The lowest BCUT2D eigenvalue weighted by Crippen LogP contribution is -2.30. The summed E-state index contributed by atoms with van der Waals surface area (Å²) in [6, 6.07) is 10.7. The summed E-state index contributed by atoms with van der Waals surface area (Å²) in [4.78, 5) is 22.7. The number of aromatic nitrogens is 5. The Morgan fingerprint density at radius 2 is 2.08 bits per heavy atom. The number of nitrogens with one attached hydrogen (secondary N) is 3. The molecule has 3 aromatic heterocycles. The van der Waals surface area contributed by atoms with E-state index in [-0.39, 0.29) is 23.4 Å². The first-order valence-electron chi connectivity index (χ1n) is 12.9. The number of aromatic amines is 1. The molecule has 3 N–H and O–H groups in total. The van der Waals surface area contributed by atoms with Gasteiger partial charge in [-0.05, 0) is 42.2 Å². The Balaban J connectivity index is 1.29. The average Bonchev–Trinajstić information content (AvgIpc) is 3.67. The number of hydrogen-bond acceptors (Lipinski definition) is 8. The molecule has 0 unspecified atom stereocenters. The van der Waals surface area contributed by atoms with Gasteiger partial charge in [-0.3, -0.25) is 9.89 Å². The summed E-state index contributed by atoms with van der Waals surface area (Å²) in [7, 11) is 0. The van der Waals surface area contributed by atoms with Crippen molar-refractivity contribution in [1.29, 1.82) is 0 Å². The molecule has 38 heavy (non-hydrogen) atoms. The zero-order valence-electron chi connectivity index (χ0n) is 22.3. The zero-order chi connectivity index (χ0) is 26.9. The fourth-order valence-electron chi connectivity index (χ4n) is 4.64. The second kappa shape index (κ2) is 10.4. The minimum atomic E-state index is -0.169. The smallest absolute Gasteiger partial charge is 0.246 e. The molecule has 0 bridgehead atoms. The number of pyridine rings is 1. The highest BCUT2D eigenvalue weighted by atomic mass is 16.5. The van der Waals surface area contributed by atoms with Crippen LogP contribution >= 0.6 is 0 Å². The number of carbonyl (C=O) groups excluding carboxylic acids is 1. The molecule has 1 aliphatic rings. The van der Waals surface area contributed by atoms with Crippen LogP contribution in [-0.4, -0.2) is 55.3 Å². The molecule has 1 saturated heterocycles. The summed E-state index contributed by atoms with van der Waals surface area (Å²) >= 11 is 0. The summed E-state index contributed by atoms with van der Waals surface area (Å²) < 4.78 is 5.39. The average molecular weight is 515 g/mol. The van der Waals surface area contributed by atoms with Crippen LogP contribution in [-0.2, 0) is 16.8 Å². The second-order valence-electron chi connectivity index (χ2n) is 10.8. The summed E-state index contributed by atoms with van der Waals surface area (Å²) in [6.45, 7) is 13.7. The van der Waals surface area contributed by atoms with Crippen molar-refractivity contribution in [1.82, 2.24) is 35.5 Å². The van der Waals surface area contributed by atoms with Crippen LogP contribution in [0.2, 0.25) is 0 Å². The molecule has 2 atom stereocenters. The van der Waals surface area contributed by atoms with E-state index in [1.165, 1.54) is 6.08 Å². The van der Waals surface area contributed by atoms with Crippen molar-refractivity contribution in [2.45, 2.75) is 58.2 Å². The van der Waals surface area contributed by atoms with Crippen molar-refractivity contribution in [2.75, 3.05) is 18.4 Å². The largest absolute Gasteiger partial charge is 0.363 e. The first kappa shape index (κ1) is 25.6. The van der Waals surface area contributed by atoms with E-state index in [1.54, 1.807) is 11.1 Å². The molecule has 0 radical (unpaired) electrons. The van der Waals surface area contributed by atoms with Crippen LogP contribution in [0.3, 0.4) is 0 Å². The topological polar surface area (TPSA) is 125 Å². The van der Waals surface area contributed by atoms with Crippen LogP contribution in [0.4, 0.5) is 5.82 Å². The third-order valence-corrected chi connectivity index (χ3v) is 6.87. The molecule has 4 heterocycles. The molecule has 1 aromatic carbocycles. The maximum atomic E-state index is 12.0. The highest BCUT2D eigenvalue weighted by Gasteiger charge is 2.26. The third kappa shape index (κ3) is 5.31. The summed E-state index contributed by atoms with van der Waals surface area (Å²) in [6.07, 6.45) is 4.00. The molecular formula is C28H34N8O2. The molecule has 5 rings (SSSR count). The molecule has 0 aliphatic carbocycles. The van der Waals surface area contributed by atoms with E-state index in [0.29, 0.717) is 31.3 Å². The molecule has 1 amide bonds. The lowest BCUT2D eigenvalue weighted by Gasteiger charge is -2.16. The minimum absolute atomic E-state index is 0.0423. The zero-order valence-corrected chi connectivity index (χ0v) is 22.3. The van der Waals surface area contributed by atoms with Gasteiger partial charge in [0.25, 0.3) is 0 Å². The number of nitrogens with zero attached hydrogens (tertiary/aromatic N) is 5. The number of rotatable bonds is 8. The Kier molecular flexibility index (Phi) is 6.98. The predicted molar refractivity (Wildman–Crippen MR) is 146 cm³/mol. The Bertz CT molecular complexity index is 1430. The van der Waals surface area contributed by atoms with Crippen molar-refractivity contribution < 1.29 is 9.32 Å². The fraction of sp³-hybridized carbons (Fsp3) is 0.393. The van der Waals surface area contributed by atoms with E-state index in [0.717, 1.165) is 40.0 Å². The molecule has 0 spiro atoms. The number of carbonyl (C=O) groups is 1. The predicted octanol–water partition coefficient (Wildman–Crippen LogP) is 4.36.